The van der Waals surface area contributed by atoms with E-state index in [2.05, 4.69) is 150 Å². The lowest BCUT2D eigenvalue weighted by Crippen LogP contribution is -2.44. The van der Waals surface area contributed by atoms with Crippen molar-refractivity contribution >= 4 is 38.5 Å². The van der Waals surface area contributed by atoms with Crippen molar-refractivity contribution in [2.24, 2.45) is 28.9 Å². The highest BCUT2D eigenvalue weighted by molar-refractivity contribution is 7.99. The molecule has 2 aliphatic carbocycles. The van der Waals surface area contributed by atoms with Crippen molar-refractivity contribution < 1.29 is 13.7 Å². The minimum atomic E-state index is -2.01. The molecule has 5 rings (SSSR count). The Hall–Kier alpha value is -4.40. The summed E-state index contributed by atoms with van der Waals surface area (Å²) in [7, 11) is -2.01. The first-order chi connectivity index (χ1) is 28.3. The molecule has 1 saturated heterocycles. The minimum absolute atomic E-state index is 0.0422. The van der Waals surface area contributed by atoms with Crippen LogP contribution in [0.25, 0.3) is 10.6 Å². The molecule has 11 heteroatoms. The molecule has 2 heterocycles. The highest BCUT2D eigenvalue weighted by Gasteiger charge is 2.36. The molecule has 3 aliphatic rings. The van der Waals surface area contributed by atoms with Gasteiger partial charge in [-0.1, -0.05) is 60.4 Å². The molecule has 61 heavy (non-hydrogen) atoms. The Morgan fingerprint density at radius 3 is 2.08 bits per heavy atom. The lowest BCUT2D eigenvalue weighted by molar-refractivity contribution is -0.133. The quantitative estimate of drug-likeness (QED) is 0.0645. The van der Waals surface area contributed by atoms with Crippen LogP contribution in [0, 0.1) is 42.9 Å². The Labute approximate surface area is 377 Å². The van der Waals surface area contributed by atoms with Crippen molar-refractivity contribution in [3.8, 4) is 23.4 Å². The first-order valence-electron chi connectivity index (χ1n) is 21.2. The van der Waals surface area contributed by atoms with Gasteiger partial charge in [0.25, 0.3) is 0 Å². The normalized spacial score (nSPS) is 17.7. The summed E-state index contributed by atoms with van der Waals surface area (Å²) in [6.45, 7) is 45.1. The van der Waals surface area contributed by atoms with Gasteiger partial charge >= 0.3 is 0 Å². The number of rotatable bonds is 14. The van der Waals surface area contributed by atoms with Gasteiger partial charge in [-0.15, -0.1) is 37.3 Å². The maximum atomic E-state index is 12.7. The van der Waals surface area contributed by atoms with E-state index >= 15 is 0 Å². The molecule has 2 aromatic rings. The molecule has 5 N–H and O–H groups in total. The van der Waals surface area contributed by atoms with Crippen LogP contribution in [-0.2, 0) is 19.2 Å². The van der Waals surface area contributed by atoms with Gasteiger partial charge in [-0.05, 0) is 133 Å². The van der Waals surface area contributed by atoms with Crippen molar-refractivity contribution in [2.45, 2.75) is 144 Å². The summed E-state index contributed by atoms with van der Waals surface area (Å²) in [6.07, 6.45) is 18.9. The maximum Gasteiger partial charge on any atom is 0.223 e. The average Bonchev–Trinajstić information content (AvgIpc) is 4.08. The highest BCUT2D eigenvalue weighted by Crippen LogP contribution is 2.41. The number of anilines is 1. The van der Waals surface area contributed by atoms with Gasteiger partial charge in [0, 0.05) is 74.4 Å². The third-order valence-electron chi connectivity index (χ3n) is 10.0. The highest BCUT2D eigenvalue weighted by atomic mass is 32.2. The molecule has 1 aromatic carbocycles. The molecule has 3 fully saturated rings. The van der Waals surface area contributed by atoms with Crippen LogP contribution >= 0.6 is 11.3 Å². The number of allylic oxidation sites excluding steroid dienone is 1. The number of carbonyl (C=O) groups is 1. The summed E-state index contributed by atoms with van der Waals surface area (Å²) in [4.78, 5) is 19.0. The van der Waals surface area contributed by atoms with Crippen molar-refractivity contribution in [3.05, 3.63) is 98.3 Å². The number of hydrogen-bond donors (Lipinski definition) is 4. The van der Waals surface area contributed by atoms with Gasteiger partial charge in [-0.3, -0.25) is 4.79 Å². The van der Waals surface area contributed by atoms with E-state index in [4.69, 9.17) is 10.5 Å². The molecule has 342 valence electrons. The van der Waals surface area contributed by atoms with Crippen molar-refractivity contribution in [3.63, 3.8) is 0 Å². The summed E-state index contributed by atoms with van der Waals surface area (Å²) in [5.41, 5.74) is 10.4. The number of nitrogens with zero attached hydrogens (tertiary/aromatic N) is 2. The first kappa shape index (κ1) is 56.6. The van der Waals surface area contributed by atoms with E-state index in [0.717, 1.165) is 71.7 Å². The molecule has 9 nitrogen and oxygen atoms in total. The number of carbonyl (C=O) groups excluding carboxylic acids is 1. The Morgan fingerprint density at radius 1 is 1.07 bits per heavy atom. The van der Waals surface area contributed by atoms with Crippen molar-refractivity contribution in [1.29, 1.82) is 0 Å². The zero-order valence-electron chi connectivity index (χ0n) is 39.7. The van der Waals surface area contributed by atoms with Crippen molar-refractivity contribution in [1.82, 2.24) is 19.9 Å². The number of terminal acetylenes is 1. The monoisotopic (exact) mass is 879 g/mol. The summed E-state index contributed by atoms with van der Waals surface area (Å²) < 4.78 is 18.9. The third-order valence-corrected chi connectivity index (χ3v) is 12.9. The molecule has 0 bridgehead atoms. The fraction of sp³-hybridized carbons (Fsp3) is 0.540. The number of hydrogen-bond acceptors (Lipinski definition) is 8. The van der Waals surface area contributed by atoms with Gasteiger partial charge in [0.15, 0.2) is 5.88 Å². The lowest BCUT2D eigenvalue weighted by atomic mass is 9.86. The molecule has 2 saturated carbocycles. The largest absolute Gasteiger partial charge is 0.474 e. The Bertz CT molecular complexity index is 1800. The van der Waals surface area contributed by atoms with Gasteiger partial charge in [0.1, 0.15) is 10.6 Å². The van der Waals surface area contributed by atoms with Crippen LogP contribution in [0.5, 0.6) is 0 Å². The number of nitrogens with two attached hydrogens (primary N) is 1. The minimum Gasteiger partial charge on any atom is -0.474 e. The number of amides is 1. The van der Waals surface area contributed by atoms with E-state index in [1.807, 2.05) is 39.3 Å². The van der Waals surface area contributed by atoms with E-state index in [1.165, 1.54) is 24.6 Å². The molecule has 0 spiro atoms. The second-order valence-corrected chi connectivity index (χ2v) is 21.5. The van der Waals surface area contributed by atoms with Gasteiger partial charge in [0.2, 0.25) is 5.91 Å². The predicted molar refractivity (Wildman–Crippen MR) is 269 cm³/mol. The number of likely N-dealkylation sites (tertiary alicyclic amines) is 1. The topological polar surface area (TPSA) is 122 Å². The molecule has 1 amide bonds. The number of benzene rings is 1. The summed E-state index contributed by atoms with van der Waals surface area (Å²) in [5, 5.41) is 10.2. The molecule has 1 aromatic heterocycles. The van der Waals surface area contributed by atoms with Crippen LogP contribution in [-0.4, -0.2) is 55.3 Å². The van der Waals surface area contributed by atoms with Crippen molar-refractivity contribution in [2.75, 3.05) is 11.9 Å². The Kier molecular flexibility index (Phi) is 24.9. The second kappa shape index (κ2) is 26.8. The van der Waals surface area contributed by atoms with Gasteiger partial charge in [-0.2, -0.15) is 0 Å². The summed E-state index contributed by atoms with van der Waals surface area (Å²) in [5.74, 6) is 6.45. The Morgan fingerprint density at radius 2 is 1.66 bits per heavy atom. The van der Waals surface area contributed by atoms with Crippen LogP contribution < -0.4 is 21.1 Å². The van der Waals surface area contributed by atoms with Crippen LogP contribution in [0.2, 0.25) is 0 Å². The molecular formula is C50H82N6O3S2. The van der Waals surface area contributed by atoms with E-state index in [-0.39, 0.29) is 28.8 Å². The molecule has 1 aliphatic heterocycles. The lowest BCUT2D eigenvalue weighted by Gasteiger charge is -2.33. The Balaban J connectivity index is 0.000000836. The molecule has 5 atom stereocenters. The number of thiazole rings is 1. The van der Waals surface area contributed by atoms with Gasteiger partial charge in [-0.25, -0.2) is 9.19 Å². The van der Waals surface area contributed by atoms with E-state index in [1.54, 1.807) is 11.3 Å². The summed E-state index contributed by atoms with van der Waals surface area (Å²) >= 11 is 1.64. The maximum absolute atomic E-state index is 12.7. The number of ether oxygens (including phenoxy) is 1. The van der Waals surface area contributed by atoms with E-state index < -0.39 is 9.71 Å². The molecule has 3 unspecified atom stereocenters. The van der Waals surface area contributed by atoms with Crippen LogP contribution in [0.1, 0.15) is 120 Å². The number of aromatic nitrogens is 1. The number of nitrogens with one attached hydrogen (secondary N) is 3. The van der Waals surface area contributed by atoms with E-state index in [0.29, 0.717) is 23.6 Å². The standard InChI is InChI=1S/C21H38N2O.C13H14N2S.C6H11NOS.C6H13NO.C2H4.C2H2/c1-14(15(2)18-10-11-18)16(3)22-17(4)19-9-8-12-23(19)20(24)13-21(5,6)7;1-9(2)15-12-8-10(3)4-5-11(12)13-14-6-7-16-13;1-3-7-9(2,8)6-4-5-6;1-5(7)8-6(2,3)4;2*1-2/h14-16,18-19,22H,4,8-13H2,1-3,5-7H3;4-8,15H,1H2,2-3H3;3,6H,1-2,4-5H2,(H,7,8);1,7H2,2-4H3;1-2H2;1-2H/t14-,15?,16?,19-;;;;;/m0...../s1. The molecular weight excluding hydrogens is 797 g/mol. The van der Waals surface area contributed by atoms with Crippen LogP contribution in [0.4, 0.5) is 5.69 Å². The predicted octanol–water partition coefficient (Wildman–Crippen LogP) is 11.4. The van der Waals surface area contributed by atoms with Gasteiger partial charge in [0.05, 0.1) is 6.04 Å². The van der Waals surface area contributed by atoms with Gasteiger partial charge < -0.3 is 30.7 Å². The first-order valence-corrected chi connectivity index (χ1v) is 23.9. The zero-order valence-corrected chi connectivity index (χ0v) is 41.3. The third kappa shape index (κ3) is 22.9. The second-order valence-electron chi connectivity index (χ2n) is 18.2. The smallest absolute Gasteiger partial charge is 0.223 e. The zero-order chi connectivity index (χ0) is 47.3. The SMILES string of the molecule is C#C.C=C.C=C(C)Nc1cc(C)ccc1-c1nccs1.C=C(N)OC(C)(C)C.C=C(NC(C)[C@@H](C)C(C)C1CC1)[C@@H]1CCCN1C(=O)CC(C)(C)C.C=CNS(=C)(=O)C1CC1. The summed E-state index contributed by atoms with van der Waals surface area (Å²) in [6, 6.07) is 6.89. The fourth-order valence-electron chi connectivity index (χ4n) is 6.62. The van der Waals surface area contributed by atoms with Crippen LogP contribution in [0.3, 0.4) is 0 Å². The average molecular weight is 879 g/mol. The molecule has 0 radical (unpaired) electrons. The van der Waals surface area contributed by atoms with E-state index in [9.17, 15) is 9.00 Å². The van der Waals surface area contributed by atoms with Crippen LogP contribution in [0.15, 0.2) is 92.7 Å². The fourth-order valence-corrected chi connectivity index (χ4v) is 8.67. The number of aryl methyl sites for hydroxylation is 1.